The quantitative estimate of drug-likeness (QED) is 0.201. The third kappa shape index (κ3) is 4.48. The monoisotopic (exact) mass is 509 g/mol. The number of benzene rings is 4. The SMILES string of the molecule is CC(C)c1ccc(-n2c(O)c(N=Nc3cccc(-c4cccc(C(=O)O)c4)c3O)c3cc(F)ccc32)cc1. The normalized spacial score (nSPS) is 11.6. The van der Waals surface area contributed by atoms with E-state index in [9.17, 15) is 24.5 Å². The van der Waals surface area contributed by atoms with Gasteiger partial charge < -0.3 is 15.3 Å². The fourth-order valence-corrected chi connectivity index (χ4v) is 4.37. The van der Waals surface area contributed by atoms with E-state index in [0.29, 0.717) is 33.6 Å². The molecule has 5 aromatic rings. The van der Waals surface area contributed by atoms with E-state index in [0.717, 1.165) is 5.56 Å². The van der Waals surface area contributed by atoms with Gasteiger partial charge in [-0.1, -0.05) is 50.2 Å². The van der Waals surface area contributed by atoms with Gasteiger partial charge in [-0.3, -0.25) is 4.57 Å². The Balaban J connectivity index is 1.60. The predicted octanol–water partition coefficient (Wildman–Crippen LogP) is 8.08. The van der Waals surface area contributed by atoms with Crippen LogP contribution in [0.1, 0.15) is 35.7 Å². The van der Waals surface area contributed by atoms with Crippen molar-refractivity contribution in [2.45, 2.75) is 19.8 Å². The van der Waals surface area contributed by atoms with Crippen molar-refractivity contribution in [3.63, 3.8) is 0 Å². The smallest absolute Gasteiger partial charge is 0.335 e. The molecule has 0 bridgehead atoms. The second-order valence-corrected chi connectivity index (χ2v) is 9.17. The predicted molar refractivity (Wildman–Crippen MR) is 144 cm³/mol. The molecule has 0 unspecified atom stereocenters. The van der Waals surface area contributed by atoms with Gasteiger partial charge in [-0.05, 0) is 65.6 Å². The van der Waals surface area contributed by atoms with Gasteiger partial charge in [0.15, 0.2) is 11.4 Å². The molecule has 8 heteroatoms. The number of aromatic hydroxyl groups is 2. The number of hydrogen-bond donors (Lipinski definition) is 3. The number of aromatic nitrogens is 1. The molecule has 0 saturated heterocycles. The van der Waals surface area contributed by atoms with Crippen LogP contribution in [-0.2, 0) is 0 Å². The molecule has 0 amide bonds. The van der Waals surface area contributed by atoms with Crippen LogP contribution in [0.2, 0.25) is 0 Å². The molecule has 7 nitrogen and oxygen atoms in total. The maximum absolute atomic E-state index is 14.2. The fraction of sp³-hybridized carbons (Fsp3) is 0.100. The molecule has 3 N–H and O–H groups in total. The number of para-hydroxylation sites is 1. The van der Waals surface area contributed by atoms with Crippen LogP contribution in [0.5, 0.6) is 11.6 Å². The Bertz CT molecular complexity index is 1710. The van der Waals surface area contributed by atoms with E-state index in [-0.39, 0.29) is 28.6 Å². The van der Waals surface area contributed by atoms with Crippen molar-refractivity contribution in [3.05, 3.63) is 102 Å². The summed E-state index contributed by atoms with van der Waals surface area (Å²) in [6, 6.07) is 22.8. The molecule has 0 fully saturated rings. The van der Waals surface area contributed by atoms with Crippen LogP contribution in [0, 0.1) is 5.82 Å². The number of hydrogen-bond acceptors (Lipinski definition) is 5. The van der Waals surface area contributed by atoms with Crippen molar-refractivity contribution < 1.29 is 24.5 Å². The van der Waals surface area contributed by atoms with Crippen LogP contribution in [0.3, 0.4) is 0 Å². The van der Waals surface area contributed by atoms with Crippen molar-refractivity contribution >= 4 is 28.2 Å². The van der Waals surface area contributed by atoms with Crippen LogP contribution in [0.25, 0.3) is 27.7 Å². The van der Waals surface area contributed by atoms with Crippen LogP contribution in [0.15, 0.2) is 95.2 Å². The van der Waals surface area contributed by atoms with Crippen molar-refractivity contribution in [1.29, 1.82) is 0 Å². The van der Waals surface area contributed by atoms with Crippen molar-refractivity contribution in [2.75, 3.05) is 0 Å². The van der Waals surface area contributed by atoms with Crippen LogP contribution < -0.4 is 0 Å². The molecule has 0 aliphatic rings. The molecular weight excluding hydrogens is 485 g/mol. The van der Waals surface area contributed by atoms with Gasteiger partial charge in [-0.25, -0.2) is 9.18 Å². The van der Waals surface area contributed by atoms with Gasteiger partial charge in [0.05, 0.1) is 11.1 Å². The number of carbonyl (C=O) groups is 1. The van der Waals surface area contributed by atoms with Crippen LogP contribution in [-0.4, -0.2) is 25.9 Å². The highest BCUT2D eigenvalue weighted by Gasteiger charge is 2.19. The molecule has 0 atom stereocenters. The number of rotatable bonds is 6. The molecule has 0 aliphatic heterocycles. The number of carboxylic acid groups (broad SMARTS) is 1. The van der Waals surface area contributed by atoms with Gasteiger partial charge in [0, 0.05) is 16.6 Å². The zero-order chi connectivity index (χ0) is 27.0. The largest absolute Gasteiger partial charge is 0.505 e. The molecule has 4 aromatic carbocycles. The Kier molecular flexibility index (Phi) is 6.38. The molecule has 190 valence electrons. The lowest BCUT2D eigenvalue weighted by Crippen LogP contribution is -1.95. The van der Waals surface area contributed by atoms with Gasteiger partial charge in [0.25, 0.3) is 0 Å². The minimum absolute atomic E-state index is 0.0464. The highest BCUT2D eigenvalue weighted by atomic mass is 19.1. The standard InChI is InChI=1S/C30H24FN3O4/c1-17(2)18-9-12-22(13-10-18)34-26-14-11-21(31)16-24(26)27(29(34)36)33-32-25-8-4-7-23(28(25)35)19-5-3-6-20(15-19)30(37)38/h3-17,35-36H,1-2H3,(H,37,38). The number of phenolic OH excluding ortho intramolecular Hbond substituents is 1. The number of azo groups is 1. The topological polar surface area (TPSA) is 107 Å². The lowest BCUT2D eigenvalue weighted by Gasteiger charge is -2.10. The van der Waals surface area contributed by atoms with E-state index in [1.165, 1.54) is 30.3 Å². The highest BCUT2D eigenvalue weighted by molar-refractivity contribution is 5.96. The summed E-state index contributed by atoms with van der Waals surface area (Å²) in [6.07, 6.45) is 0. The Morgan fingerprint density at radius 3 is 2.34 bits per heavy atom. The summed E-state index contributed by atoms with van der Waals surface area (Å²) in [5.74, 6) is -1.67. The van der Waals surface area contributed by atoms with Gasteiger partial charge in [-0.2, -0.15) is 0 Å². The first kappa shape index (κ1) is 24.7. The molecule has 1 aromatic heterocycles. The summed E-state index contributed by atoms with van der Waals surface area (Å²) in [5, 5.41) is 40.1. The second-order valence-electron chi connectivity index (χ2n) is 9.17. The lowest BCUT2D eigenvalue weighted by molar-refractivity contribution is 0.0697. The van der Waals surface area contributed by atoms with Crippen LogP contribution >= 0.6 is 0 Å². The first-order valence-electron chi connectivity index (χ1n) is 12.0. The molecule has 0 aliphatic carbocycles. The van der Waals surface area contributed by atoms with E-state index < -0.39 is 11.8 Å². The third-order valence-corrected chi connectivity index (χ3v) is 6.39. The maximum atomic E-state index is 14.2. The number of halogens is 1. The first-order valence-corrected chi connectivity index (χ1v) is 12.0. The van der Waals surface area contributed by atoms with Crippen molar-refractivity contribution in [1.82, 2.24) is 4.57 Å². The average molecular weight is 510 g/mol. The Morgan fingerprint density at radius 1 is 0.895 bits per heavy atom. The highest BCUT2D eigenvalue weighted by Crippen LogP contribution is 2.43. The van der Waals surface area contributed by atoms with E-state index in [1.807, 2.05) is 24.3 Å². The van der Waals surface area contributed by atoms with Gasteiger partial charge in [0.2, 0.25) is 5.88 Å². The number of carboxylic acids is 1. The van der Waals surface area contributed by atoms with E-state index >= 15 is 0 Å². The number of fused-ring (bicyclic) bond motifs is 1. The minimum Gasteiger partial charge on any atom is -0.505 e. The average Bonchev–Trinajstić information content (AvgIpc) is 3.18. The summed E-state index contributed by atoms with van der Waals surface area (Å²) in [7, 11) is 0. The van der Waals surface area contributed by atoms with E-state index in [4.69, 9.17) is 0 Å². The van der Waals surface area contributed by atoms with Gasteiger partial charge in [-0.15, -0.1) is 10.2 Å². The fourth-order valence-electron chi connectivity index (χ4n) is 4.37. The van der Waals surface area contributed by atoms with Crippen molar-refractivity contribution in [2.24, 2.45) is 10.2 Å². The number of aromatic carboxylic acids is 1. The molecule has 0 radical (unpaired) electrons. The Hall–Kier alpha value is -4.98. The second kappa shape index (κ2) is 9.82. The zero-order valence-corrected chi connectivity index (χ0v) is 20.6. The summed E-state index contributed by atoms with van der Waals surface area (Å²) in [6.45, 7) is 4.18. The molecule has 0 saturated carbocycles. The van der Waals surface area contributed by atoms with Crippen LogP contribution in [0.4, 0.5) is 15.8 Å². The Labute approximate surface area is 217 Å². The van der Waals surface area contributed by atoms with E-state index in [2.05, 4.69) is 24.1 Å². The summed E-state index contributed by atoms with van der Waals surface area (Å²) >= 11 is 0. The van der Waals surface area contributed by atoms with Crippen molar-refractivity contribution in [3.8, 4) is 28.4 Å². The lowest BCUT2D eigenvalue weighted by atomic mass is 10.0. The van der Waals surface area contributed by atoms with E-state index in [1.54, 1.807) is 34.9 Å². The number of nitrogens with zero attached hydrogens (tertiary/aromatic N) is 3. The number of phenols is 1. The Morgan fingerprint density at radius 2 is 1.63 bits per heavy atom. The molecule has 38 heavy (non-hydrogen) atoms. The molecule has 5 rings (SSSR count). The maximum Gasteiger partial charge on any atom is 0.335 e. The zero-order valence-electron chi connectivity index (χ0n) is 20.6. The molecule has 1 heterocycles. The minimum atomic E-state index is -1.08. The molecule has 0 spiro atoms. The van der Waals surface area contributed by atoms with Gasteiger partial charge in [0.1, 0.15) is 11.5 Å². The van der Waals surface area contributed by atoms with Gasteiger partial charge >= 0.3 is 5.97 Å². The summed E-state index contributed by atoms with van der Waals surface area (Å²) in [5.41, 5.74) is 3.44. The summed E-state index contributed by atoms with van der Waals surface area (Å²) in [4.78, 5) is 11.4. The summed E-state index contributed by atoms with van der Waals surface area (Å²) < 4.78 is 15.8. The third-order valence-electron chi connectivity index (χ3n) is 6.39. The first-order chi connectivity index (χ1) is 18.2. The molecular formula is C30H24FN3O4.